The van der Waals surface area contributed by atoms with Gasteiger partial charge >= 0.3 is 0 Å². The molecule has 1 aliphatic heterocycles. The predicted octanol–water partition coefficient (Wildman–Crippen LogP) is 1.99. The Balaban J connectivity index is 2.03. The largest absolute Gasteiger partial charge is 0.383 e. The van der Waals surface area contributed by atoms with Crippen molar-refractivity contribution in [3.05, 3.63) is 34.9 Å². The molecule has 1 N–H and O–H groups in total. The minimum Gasteiger partial charge on any atom is -0.383 e. The van der Waals surface area contributed by atoms with Gasteiger partial charge in [0, 0.05) is 30.7 Å². The molecule has 0 aliphatic carbocycles. The molecule has 0 saturated carbocycles. The summed E-state index contributed by atoms with van der Waals surface area (Å²) in [6.07, 6.45) is 0.384. The molecule has 1 amide bonds. The van der Waals surface area contributed by atoms with Gasteiger partial charge < -0.3 is 14.9 Å². The van der Waals surface area contributed by atoms with Crippen LogP contribution in [-0.2, 0) is 14.4 Å². The first-order valence-electron chi connectivity index (χ1n) is 6.34. The molecule has 0 aromatic heterocycles. The molecule has 0 fully saturated rings. The predicted molar refractivity (Wildman–Crippen MR) is 77.0 cm³/mol. The highest BCUT2D eigenvalue weighted by Gasteiger charge is 2.42. The molecule has 6 heteroatoms. The molecule has 1 aromatic carbocycles. The Hall–Kier alpha value is -1.59. The SMILES string of the molecule is COCCNC(=O)C1(C)CC(c2ccccc2Cl)=NO1. The third kappa shape index (κ3) is 3.11. The fourth-order valence-corrected chi connectivity index (χ4v) is 2.20. The summed E-state index contributed by atoms with van der Waals surface area (Å²) in [4.78, 5) is 17.4. The second-order valence-electron chi connectivity index (χ2n) is 4.77. The minimum absolute atomic E-state index is 0.208. The average Bonchev–Trinajstić information content (AvgIpc) is 2.83. The van der Waals surface area contributed by atoms with E-state index >= 15 is 0 Å². The Morgan fingerprint density at radius 1 is 1.55 bits per heavy atom. The lowest BCUT2D eigenvalue weighted by atomic mass is 9.95. The van der Waals surface area contributed by atoms with Gasteiger partial charge in [0.25, 0.3) is 5.91 Å². The molecule has 0 bridgehead atoms. The van der Waals surface area contributed by atoms with Gasteiger partial charge in [-0.05, 0) is 13.0 Å². The lowest BCUT2D eigenvalue weighted by molar-refractivity contribution is -0.141. The van der Waals surface area contributed by atoms with Crippen molar-refractivity contribution in [3.8, 4) is 0 Å². The summed E-state index contributed by atoms with van der Waals surface area (Å²) in [7, 11) is 1.58. The van der Waals surface area contributed by atoms with E-state index in [-0.39, 0.29) is 5.91 Å². The van der Waals surface area contributed by atoms with Gasteiger partial charge in [0.1, 0.15) is 0 Å². The zero-order valence-electron chi connectivity index (χ0n) is 11.5. The first-order valence-corrected chi connectivity index (χ1v) is 6.72. The van der Waals surface area contributed by atoms with Crippen LogP contribution in [0.3, 0.4) is 0 Å². The molecule has 2 rings (SSSR count). The number of hydrogen-bond acceptors (Lipinski definition) is 4. The molecular formula is C14H17ClN2O3. The second-order valence-corrected chi connectivity index (χ2v) is 5.17. The minimum atomic E-state index is -0.998. The van der Waals surface area contributed by atoms with E-state index in [0.29, 0.717) is 30.3 Å². The lowest BCUT2D eigenvalue weighted by Crippen LogP contribution is -2.45. The molecule has 5 nitrogen and oxygen atoms in total. The van der Waals surface area contributed by atoms with Crippen LogP contribution in [0.4, 0.5) is 0 Å². The van der Waals surface area contributed by atoms with Gasteiger partial charge in [0.05, 0.1) is 12.3 Å². The maximum absolute atomic E-state index is 12.1. The van der Waals surface area contributed by atoms with Crippen molar-refractivity contribution in [3.63, 3.8) is 0 Å². The van der Waals surface area contributed by atoms with Crippen LogP contribution in [0.5, 0.6) is 0 Å². The maximum atomic E-state index is 12.1. The van der Waals surface area contributed by atoms with E-state index in [4.69, 9.17) is 21.2 Å². The van der Waals surface area contributed by atoms with Crippen molar-refractivity contribution in [1.29, 1.82) is 0 Å². The highest BCUT2D eigenvalue weighted by atomic mass is 35.5. The van der Waals surface area contributed by atoms with Crippen LogP contribution in [-0.4, -0.2) is 37.5 Å². The van der Waals surface area contributed by atoms with Crippen LogP contribution in [0.2, 0.25) is 5.02 Å². The summed E-state index contributed by atoms with van der Waals surface area (Å²) in [5, 5.41) is 7.36. The smallest absolute Gasteiger partial charge is 0.267 e. The third-order valence-electron chi connectivity index (χ3n) is 3.12. The molecule has 108 valence electrons. The first kappa shape index (κ1) is 14.8. The number of methoxy groups -OCH3 is 1. The Bertz CT molecular complexity index is 533. The number of rotatable bonds is 5. The number of carbonyl (C=O) groups is 1. The summed E-state index contributed by atoms with van der Waals surface area (Å²) >= 11 is 6.13. The molecule has 1 unspecified atom stereocenters. The zero-order valence-corrected chi connectivity index (χ0v) is 12.2. The molecule has 1 atom stereocenters. The topological polar surface area (TPSA) is 59.9 Å². The quantitative estimate of drug-likeness (QED) is 0.845. The van der Waals surface area contributed by atoms with E-state index in [1.54, 1.807) is 20.1 Å². The van der Waals surface area contributed by atoms with Crippen LogP contribution in [0.15, 0.2) is 29.4 Å². The number of nitrogens with zero attached hydrogens (tertiary/aromatic N) is 1. The van der Waals surface area contributed by atoms with Crippen molar-refractivity contribution in [2.45, 2.75) is 18.9 Å². The van der Waals surface area contributed by atoms with Gasteiger partial charge in [-0.3, -0.25) is 4.79 Å². The standard InChI is InChI=1S/C14H17ClN2O3/c1-14(13(18)16-7-8-19-2)9-12(17-20-14)10-5-3-4-6-11(10)15/h3-6H,7-9H2,1-2H3,(H,16,18). The Morgan fingerprint density at radius 2 is 2.30 bits per heavy atom. The van der Waals surface area contributed by atoms with E-state index in [1.807, 2.05) is 18.2 Å². The highest BCUT2D eigenvalue weighted by Crippen LogP contribution is 2.29. The molecule has 20 heavy (non-hydrogen) atoms. The average molecular weight is 297 g/mol. The summed E-state index contributed by atoms with van der Waals surface area (Å²) in [6, 6.07) is 7.36. The fraction of sp³-hybridized carbons (Fsp3) is 0.429. The van der Waals surface area contributed by atoms with E-state index in [0.717, 1.165) is 5.56 Å². The summed E-state index contributed by atoms with van der Waals surface area (Å²) in [5.74, 6) is -0.208. The number of hydrogen-bond donors (Lipinski definition) is 1. The molecule has 0 radical (unpaired) electrons. The number of amides is 1. The van der Waals surface area contributed by atoms with Gasteiger partial charge in [-0.2, -0.15) is 0 Å². The van der Waals surface area contributed by atoms with Gasteiger partial charge in [-0.25, -0.2) is 0 Å². The Morgan fingerprint density at radius 3 is 3.00 bits per heavy atom. The molecule has 1 aliphatic rings. The normalized spacial score (nSPS) is 21.2. The first-order chi connectivity index (χ1) is 9.57. The van der Waals surface area contributed by atoms with Gasteiger partial charge in [0.2, 0.25) is 5.60 Å². The third-order valence-corrected chi connectivity index (χ3v) is 3.45. The van der Waals surface area contributed by atoms with Gasteiger partial charge in [0.15, 0.2) is 0 Å². The van der Waals surface area contributed by atoms with Gasteiger partial charge in [-0.15, -0.1) is 0 Å². The zero-order chi connectivity index (χ0) is 14.6. The van der Waals surface area contributed by atoms with Crippen LogP contribution >= 0.6 is 11.6 Å². The number of nitrogens with one attached hydrogen (secondary N) is 1. The van der Waals surface area contributed by atoms with Crippen molar-refractivity contribution in [1.82, 2.24) is 5.32 Å². The monoisotopic (exact) mass is 296 g/mol. The molecule has 1 aromatic rings. The number of oxime groups is 1. The van der Waals surface area contributed by atoms with E-state index in [2.05, 4.69) is 10.5 Å². The summed E-state index contributed by atoms with van der Waals surface area (Å²) in [6.45, 7) is 2.61. The van der Waals surface area contributed by atoms with Crippen LogP contribution < -0.4 is 5.32 Å². The van der Waals surface area contributed by atoms with Crippen molar-refractivity contribution in [2.24, 2.45) is 5.16 Å². The number of benzene rings is 1. The Labute approximate surface area is 122 Å². The lowest BCUT2D eigenvalue weighted by Gasteiger charge is -2.20. The maximum Gasteiger partial charge on any atom is 0.267 e. The van der Waals surface area contributed by atoms with Gasteiger partial charge in [-0.1, -0.05) is 35.0 Å². The summed E-state index contributed by atoms with van der Waals surface area (Å²) in [5.41, 5.74) is 0.477. The number of ether oxygens (including phenoxy) is 1. The van der Waals surface area contributed by atoms with E-state index in [9.17, 15) is 4.79 Å². The molecule has 0 saturated heterocycles. The second kappa shape index (κ2) is 6.24. The number of carbonyl (C=O) groups excluding carboxylic acids is 1. The fourth-order valence-electron chi connectivity index (χ4n) is 1.95. The van der Waals surface area contributed by atoms with Crippen LogP contribution in [0, 0.1) is 0 Å². The highest BCUT2D eigenvalue weighted by molar-refractivity contribution is 6.34. The van der Waals surface area contributed by atoms with Crippen molar-refractivity contribution >= 4 is 23.2 Å². The number of halogens is 1. The molecule has 0 spiro atoms. The van der Waals surface area contributed by atoms with E-state index in [1.165, 1.54) is 0 Å². The van der Waals surface area contributed by atoms with Crippen LogP contribution in [0.1, 0.15) is 18.9 Å². The van der Waals surface area contributed by atoms with Crippen molar-refractivity contribution in [2.75, 3.05) is 20.3 Å². The summed E-state index contributed by atoms with van der Waals surface area (Å²) < 4.78 is 4.89. The Kier molecular flexibility index (Phi) is 4.62. The molecular weight excluding hydrogens is 280 g/mol. The van der Waals surface area contributed by atoms with Crippen molar-refractivity contribution < 1.29 is 14.4 Å². The van der Waals surface area contributed by atoms with E-state index < -0.39 is 5.60 Å². The molecule has 1 heterocycles. The van der Waals surface area contributed by atoms with Crippen LogP contribution in [0.25, 0.3) is 0 Å².